The third kappa shape index (κ3) is 5.42. The first-order chi connectivity index (χ1) is 7.72. The summed E-state index contributed by atoms with van der Waals surface area (Å²) in [5, 5.41) is 1.89. The number of thioether (sulfide) groups is 1. The molecule has 0 bridgehead atoms. The van der Waals surface area contributed by atoms with Gasteiger partial charge in [0.1, 0.15) is 5.75 Å². The maximum absolute atomic E-state index is 11.3. The zero-order valence-corrected chi connectivity index (χ0v) is 11.4. The van der Waals surface area contributed by atoms with Crippen LogP contribution < -0.4 is 4.74 Å². The quantitative estimate of drug-likeness (QED) is 0.366. The first-order valence-corrected chi connectivity index (χ1v) is 6.55. The van der Waals surface area contributed by atoms with Gasteiger partial charge in [0.15, 0.2) is 0 Å². The number of hydrogen-bond donors (Lipinski definition) is 0. The summed E-state index contributed by atoms with van der Waals surface area (Å²) in [5.74, 6) is 1.07. The molecule has 3 nitrogen and oxygen atoms in total. The third-order valence-electron chi connectivity index (χ3n) is 1.50. The number of carbonyl (C=O) groups excluding carboxylic acids is 1. The van der Waals surface area contributed by atoms with E-state index in [1.165, 1.54) is 0 Å². The Balaban J connectivity index is 2.34. The van der Waals surface area contributed by atoms with Crippen molar-refractivity contribution >= 4 is 50.4 Å². The lowest BCUT2D eigenvalue weighted by molar-refractivity contribution is 0.227. The number of halogens is 1. The van der Waals surface area contributed by atoms with Crippen LogP contribution in [-0.2, 0) is 0 Å². The number of hydrogen-bond acceptors (Lipinski definition) is 5. The summed E-state index contributed by atoms with van der Waals surface area (Å²) < 4.78 is 6.00. The van der Waals surface area contributed by atoms with Gasteiger partial charge in [0.25, 0.3) is 0 Å². The summed E-state index contributed by atoms with van der Waals surface area (Å²) in [7, 11) is 0. The van der Waals surface area contributed by atoms with Crippen LogP contribution in [0.4, 0.5) is 4.79 Å². The van der Waals surface area contributed by atoms with Gasteiger partial charge in [-0.3, -0.25) is 0 Å². The number of rotatable bonds is 4. The predicted octanol–water partition coefficient (Wildman–Crippen LogP) is 3.78. The van der Waals surface area contributed by atoms with Gasteiger partial charge in [0, 0.05) is 10.2 Å². The van der Waals surface area contributed by atoms with Crippen LogP contribution in [0.15, 0.2) is 33.7 Å². The molecule has 0 heterocycles. The number of benzene rings is 1. The summed E-state index contributed by atoms with van der Waals surface area (Å²) in [6.07, 6.45) is 0. The molecule has 6 heteroatoms. The van der Waals surface area contributed by atoms with Crippen molar-refractivity contribution in [3.05, 3.63) is 28.7 Å². The minimum absolute atomic E-state index is 0.345. The van der Waals surface area contributed by atoms with Crippen LogP contribution in [0.2, 0.25) is 0 Å². The van der Waals surface area contributed by atoms with Crippen LogP contribution in [0.5, 0.6) is 5.75 Å². The highest BCUT2D eigenvalue weighted by molar-refractivity contribution is 9.10. The Hall–Kier alpha value is -0.680. The molecule has 0 atom stereocenters. The van der Waals surface area contributed by atoms with Crippen LogP contribution in [0, 0.1) is 0 Å². The fraction of sp³-hybridized carbons (Fsp3) is 0.200. The standard InChI is InChI=1S/C10H8BrNO2S2/c11-8-1-3-9(4-2-8)14-10(13)16-6-5-12-7-15/h1-4H,5-6H2. The van der Waals surface area contributed by atoms with E-state index in [0.29, 0.717) is 18.0 Å². The highest BCUT2D eigenvalue weighted by Gasteiger charge is 2.04. The third-order valence-corrected chi connectivity index (χ3v) is 2.87. The molecule has 0 fully saturated rings. The van der Waals surface area contributed by atoms with E-state index in [-0.39, 0.29) is 5.30 Å². The van der Waals surface area contributed by atoms with Gasteiger partial charge < -0.3 is 4.74 Å². The normalized spacial score (nSPS) is 9.31. The van der Waals surface area contributed by atoms with Gasteiger partial charge in [0.2, 0.25) is 0 Å². The molecular formula is C10H8BrNO2S2. The Kier molecular flexibility index (Phi) is 6.33. The van der Waals surface area contributed by atoms with E-state index >= 15 is 0 Å². The van der Waals surface area contributed by atoms with E-state index in [1.807, 2.05) is 12.1 Å². The van der Waals surface area contributed by atoms with Crippen LogP contribution in [-0.4, -0.2) is 22.8 Å². The molecule has 0 amide bonds. The Labute approximate surface area is 111 Å². The number of aliphatic imine (C=N–C) groups is 1. The molecule has 0 radical (unpaired) electrons. The molecule has 0 aliphatic rings. The molecule has 0 saturated carbocycles. The minimum atomic E-state index is -0.345. The molecule has 0 aliphatic carbocycles. The van der Waals surface area contributed by atoms with Crippen molar-refractivity contribution in [2.45, 2.75) is 0 Å². The first kappa shape index (κ1) is 13.4. The van der Waals surface area contributed by atoms with Crippen LogP contribution >= 0.6 is 39.9 Å². The van der Waals surface area contributed by atoms with Crippen LogP contribution in [0.3, 0.4) is 0 Å². The highest BCUT2D eigenvalue weighted by atomic mass is 79.9. The lowest BCUT2D eigenvalue weighted by Crippen LogP contribution is -2.02. The van der Waals surface area contributed by atoms with Crippen molar-refractivity contribution in [3.63, 3.8) is 0 Å². The Bertz CT molecular complexity index is 402. The van der Waals surface area contributed by atoms with E-state index in [0.717, 1.165) is 16.2 Å². The van der Waals surface area contributed by atoms with Gasteiger partial charge in [0.05, 0.1) is 11.7 Å². The lowest BCUT2D eigenvalue weighted by atomic mass is 10.3. The minimum Gasteiger partial charge on any atom is -0.418 e. The van der Waals surface area contributed by atoms with Crippen molar-refractivity contribution in [2.24, 2.45) is 4.99 Å². The van der Waals surface area contributed by atoms with Gasteiger partial charge in [-0.05, 0) is 48.2 Å². The molecule has 0 aromatic heterocycles. The van der Waals surface area contributed by atoms with Gasteiger partial charge >= 0.3 is 5.30 Å². The largest absolute Gasteiger partial charge is 0.418 e. The second-order valence-electron chi connectivity index (χ2n) is 2.63. The first-order valence-electron chi connectivity index (χ1n) is 4.36. The van der Waals surface area contributed by atoms with E-state index < -0.39 is 0 Å². The average molecular weight is 318 g/mol. The highest BCUT2D eigenvalue weighted by Crippen LogP contribution is 2.18. The Morgan fingerprint density at radius 2 is 2.19 bits per heavy atom. The fourth-order valence-electron chi connectivity index (χ4n) is 0.849. The Morgan fingerprint density at radius 3 is 2.81 bits per heavy atom. The SMILES string of the molecule is O=C(Oc1ccc(Br)cc1)SCCN=C=S. The summed E-state index contributed by atoms with van der Waals surface area (Å²) in [4.78, 5) is 15.0. The molecular weight excluding hydrogens is 310 g/mol. The maximum Gasteiger partial charge on any atom is 0.372 e. The molecule has 0 saturated heterocycles. The number of ether oxygens (including phenoxy) is 1. The van der Waals surface area contributed by atoms with Gasteiger partial charge in [-0.15, -0.1) is 0 Å². The monoisotopic (exact) mass is 317 g/mol. The number of isothiocyanates is 1. The van der Waals surface area contributed by atoms with E-state index in [2.05, 4.69) is 38.3 Å². The Morgan fingerprint density at radius 1 is 1.50 bits per heavy atom. The smallest absolute Gasteiger partial charge is 0.372 e. The van der Waals surface area contributed by atoms with Gasteiger partial charge in [-0.2, -0.15) is 0 Å². The second-order valence-corrected chi connectivity index (χ2v) is 4.76. The second kappa shape index (κ2) is 7.57. The zero-order valence-electron chi connectivity index (χ0n) is 8.18. The number of nitrogens with zero attached hydrogens (tertiary/aromatic N) is 1. The van der Waals surface area contributed by atoms with Crippen LogP contribution in [0.25, 0.3) is 0 Å². The summed E-state index contributed by atoms with van der Waals surface area (Å²) in [5.41, 5.74) is 0. The predicted molar refractivity (Wildman–Crippen MR) is 72.5 cm³/mol. The molecule has 0 N–H and O–H groups in total. The fourth-order valence-corrected chi connectivity index (χ4v) is 1.71. The molecule has 0 unspecified atom stereocenters. The van der Waals surface area contributed by atoms with Crippen molar-refractivity contribution in [1.82, 2.24) is 0 Å². The topological polar surface area (TPSA) is 38.7 Å². The van der Waals surface area contributed by atoms with Crippen LogP contribution in [0.1, 0.15) is 0 Å². The average Bonchev–Trinajstić information content (AvgIpc) is 2.28. The molecule has 84 valence electrons. The van der Waals surface area contributed by atoms with Crippen molar-refractivity contribution < 1.29 is 9.53 Å². The number of carbonyl (C=O) groups is 1. The summed E-state index contributed by atoms with van der Waals surface area (Å²) >= 11 is 8.76. The zero-order chi connectivity index (χ0) is 11.8. The molecule has 16 heavy (non-hydrogen) atoms. The molecule has 1 rings (SSSR count). The van der Waals surface area contributed by atoms with E-state index in [4.69, 9.17) is 4.74 Å². The molecule has 0 aliphatic heterocycles. The maximum atomic E-state index is 11.3. The van der Waals surface area contributed by atoms with E-state index in [1.54, 1.807) is 12.1 Å². The summed E-state index contributed by atoms with van der Waals surface area (Å²) in [6, 6.07) is 7.06. The van der Waals surface area contributed by atoms with Crippen molar-refractivity contribution in [1.29, 1.82) is 0 Å². The van der Waals surface area contributed by atoms with Crippen molar-refractivity contribution in [3.8, 4) is 5.75 Å². The number of thiocarbonyl (C=S) groups is 1. The van der Waals surface area contributed by atoms with Gasteiger partial charge in [-0.1, -0.05) is 15.9 Å². The lowest BCUT2D eigenvalue weighted by Gasteiger charge is -2.02. The van der Waals surface area contributed by atoms with Gasteiger partial charge in [-0.25, -0.2) is 9.79 Å². The summed E-state index contributed by atoms with van der Waals surface area (Å²) in [6.45, 7) is 0.476. The van der Waals surface area contributed by atoms with E-state index in [9.17, 15) is 4.79 Å². The van der Waals surface area contributed by atoms with Crippen molar-refractivity contribution in [2.75, 3.05) is 12.3 Å². The molecule has 1 aromatic rings. The molecule has 1 aromatic carbocycles. The molecule has 0 spiro atoms.